The van der Waals surface area contributed by atoms with Crippen LogP contribution in [-0.4, -0.2) is 5.91 Å². The third-order valence-electron chi connectivity index (χ3n) is 3.28. The Bertz CT molecular complexity index is 455. The fourth-order valence-corrected chi connectivity index (χ4v) is 2.24. The van der Waals surface area contributed by atoms with Crippen LogP contribution < -0.4 is 5.32 Å². The molecule has 0 atom stereocenters. The fourth-order valence-electron chi connectivity index (χ4n) is 1.79. The number of benzene rings is 1. The second-order valence-electron chi connectivity index (χ2n) is 4.15. The maximum absolute atomic E-state index is 13.0. The molecule has 4 heteroatoms. The minimum atomic E-state index is -0.576. The highest BCUT2D eigenvalue weighted by atomic mass is 79.9. The standard InChI is InChI=1S/C14H17BrFNO/c1-4-14(5-2,6-3)13(18)17-12-8-7-10(16)9-11(12)15/h4,7-9H,1,5-6H2,2-3H3,(H,17,18). The summed E-state index contributed by atoms with van der Waals surface area (Å²) in [5.74, 6) is -0.462. The first-order valence-electron chi connectivity index (χ1n) is 5.89. The molecule has 1 aromatic rings. The summed E-state index contributed by atoms with van der Waals surface area (Å²) in [6.07, 6.45) is 3.04. The van der Waals surface area contributed by atoms with Gasteiger partial charge >= 0.3 is 0 Å². The van der Waals surface area contributed by atoms with E-state index in [-0.39, 0.29) is 11.7 Å². The third-order valence-corrected chi connectivity index (χ3v) is 3.94. The summed E-state index contributed by atoms with van der Waals surface area (Å²) in [6, 6.07) is 4.17. The Morgan fingerprint density at radius 1 is 1.50 bits per heavy atom. The van der Waals surface area contributed by atoms with Crippen LogP contribution in [0.4, 0.5) is 10.1 Å². The second-order valence-corrected chi connectivity index (χ2v) is 5.00. The molecule has 0 bridgehead atoms. The SMILES string of the molecule is C=CC(CC)(CC)C(=O)Nc1ccc(F)cc1Br. The van der Waals surface area contributed by atoms with Crippen molar-refractivity contribution in [1.29, 1.82) is 0 Å². The van der Waals surface area contributed by atoms with Gasteiger partial charge in [0.25, 0.3) is 0 Å². The molecule has 0 aliphatic heterocycles. The van der Waals surface area contributed by atoms with Crippen LogP contribution in [0.15, 0.2) is 35.3 Å². The summed E-state index contributed by atoms with van der Waals surface area (Å²) < 4.78 is 13.5. The average molecular weight is 314 g/mol. The molecule has 0 aliphatic carbocycles. The molecule has 0 heterocycles. The van der Waals surface area contributed by atoms with E-state index in [1.807, 2.05) is 13.8 Å². The predicted molar refractivity (Wildman–Crippen MR) is 75.9 cm³/mol. The number of carbonyl (C=O) groups is 1. The third kappa shape index (κ3) is 2.99. The summed E-state index contributed by atoms with van der Waals surface area (Å²) in [5.41, 5.74) is -0.0112. The smallest absolute Gasteiger partial charge is 0.234 e. The van der Waals surface area contributed by atoms with Crippen LogP contribution in [0.3, 0.4) is 0 Å². The van der Waals surface area contributed by atoms with Crippen LogP contribution in [-0.2, 0) is 4.79 Å². The van der Waals surface area contributed by atoms with Crippen molar-refractivity contribution < 1.29 is 9.18 Å². The van der Waals surface area contributed by atoms with E-state index >= 15 is 0 Å². The monoisotopic (exact) mass is 313 g/mol. The Balaban J connectivity index is 2.96. The summed E-state index contributed by atoms with van der Waals surface area (Å²) in [6.45, 7) is 7.64. The van der Waals surface area contributed by atoms with E-state index in [0.717, 1.165) is 0 Å². The zero-order valence-corrected chi connectivity index (χ0v) is 12.2. The van der Waals surface area contributed by atoms with Crippen LogP contribution >= 0.6 is 15.9 Å². The van der Waals surface area contributed by atoms with Crippen LogP contribution in [0, 0.1) is 11.2 Å². The Hall–Kier alpha value is -1.16. The lowest BCUT2D eigenvalue weighted by atomic mass is 9.81. The van der Waals surface area contributed by atoms with E-state index in [4.69, 9.17) is 0 Å². The van der Waals surface area contributed by atoms with E-state index < -0.39 is 5.41 Å². The summed E-state index contributed by atoms with van der Waals surface area (Å²) in [7, 11) is 0. The highest BCUT2D eigenvalue weighted by molar-refractivity contribution is 9.10. The zero-order valence-electron chi connectivity index (χ0n) is 10.6. The number of hydrogen-bond donors (Lipinski definition) is 1. The maximum Gasteiger partial charge on any atom is 0.234 e. The molecule has 0 saturated heterocycles. The molecule has 2 nitrogen and oxygen atoms in total. The molecule has 1 rings (SSSR count). The van der Waals surface area contributed by atoms with Gasteiger partial charge in [-0.1, -0.05) is 19.9 Å². The highest BCUT2D eigenvalue weighted by Gasteiger charge is 2.31. The summed E-state index contributed by atoms with van der Waals surface area (Å²) in [5, 5.41) is 2.81. The van der Waals surface area contributed by atoms with E-state index in [1.54, 1.807) is 6.08 Å². The topological polar surface area (TPSA) is 29.1 Å². The van der Waals surface area contributed by atoms with Crippen LogP contribution in [0.2, 0.25) is 0 Å². The highest BCUT2D eigenvalue weighted by Crippen LogP contribution is 2.31. The number of halogens is 2. The molecule has 0 radical (unpaired) electrons. The van der Waals surface area contributed by atoms with Gasteiger partial charge in [0.05, 0.1) is 11.1 Å². The van der Waals surface area contributed by atoms with Crippen molar-refractivity contribution in [2.24, 2.45) is 5.41 Å². The quantitative estimate of drug-likeness (QED) is 0.796. The van der Waals surface area contributed by atoms with Crippen molar-refractivity contribution in [3.63, 3.8) is 0 Å². The van der Waals surface area contributed by atoms with Gasteiger partial charge in [-0.15, -0.1) is 6.58 Å². The first kappa shape index (κ1) is 14.9. The zero-order chi connectivity index (χ0) is 13.8. The van der Waals surface area contributed by atoms with Crippen molar-refractivity contribution in [3.05, 3.63) is 41.1 Å². The van der Waals surface area contributed by atoms with Gasteiger partial charge in [0.15, 0.2) is 0 Å². The number of anilines is 1. The van der Waals surface area contributed by atoms with Crippen molar-refractivity contribution in [2.45, 2.75) is 26.7 Å². The molecule has 0 aromatic heterocycles. The molecule has 0 saturated carbocycles. The first-order chi connectivity index (χ1) is 8.49. The van der Waals surface area contributed by atoms with Gasteiger partial charge in [-0.05, 0) is 47.0 Å². The van der Waals surface area contributed by atoms with E-state index in [2.05, 4.69) is 27.8 Å². The van der Waals surface area contributed by atoms with E-state index in [1.165, 1.54) is 18.2 Å². The van der Waals surface area contributed by atoms with Gasteiger partial charge < -0.3 is 5.32 Å². The van der Waals surface area contributed by atoms with Gasteiger partial charge in [-0.25, -0.2) is 4.39 Å². The molecular weight excluding hydrogens is 297 g/mol. The van der Waals surface area contributed by atoms with E-state index in [0.29, 0.717) is 23.0 Å². The Kier molecular flexibility index (Phi) is 5.08. The minimum absolute atomic E-state index is 0.116. The number of amides is 1. The van der Waals surface area contributed by atoms with Crippen LogP contribution in [0.1, 0.15) is 26.7 Å². The van der Waals surface area contributed by atoms with Crippen LogP contribution in [0.5, 0.6) is 0 Å². The number of nitrogens with one attached hydrogen (secondary N) is 1. The lowest BCUT2D eigenvalue weighted by molar-refractivity contribution is -0.123. The lowest BCUT2D eigenvalue weighted by Gasteiger charge is -2.26. The van der Waals surface area contributed by atoms with Gasteiger partial charge in [-0.2, -0.15) is 0 Å². The van der Waals surface area contributed by atoms with Crippen molar-refractivity contribution in [2.75, 3.05) is 5.32 Å². The summed E-state index contributed by atoms with van der Waals surface area (Å²) in [4.78, 5) is 12.3. The number of carbonyl (C=O) groups excluding carboxylic acids is 1. The number of hydrogen-bond acceptors (Lipinski definition) is 1. The van der Waals surface area contributed by atoms with Gasteiger partial charge in [0, 0.05) is 4.47 Å². The molecule has 0 unspecified atom stereocenters. The van der Waals surface area contributed by atoms with Gasteiger partial charge in [-0.3, -0.25) is 4.79 Å². The molecule has 18 heavy (non-hydrogen) atoms. The molecular formula is C14H17BrFNO. The predicted octanol–water partition coefficient (Wildman–Crippen LogP) is 4.52. The molecule has 1 aromatic carbocycles. The molecule has 0 spiro atoms. The van der Waals surface area contributed by atoms with Crippen LogP contribution in [0.25, 0.3) is 0 Å². The fraction of sp³-hybridized carbons (Fsp3) is 0.357. The molecule has 1 N–H and O–H groups in total. The first-order valence-corrected chi connectivity index (χ1v) is 6.68. The molecule has 0 aliphatic rings. The van der Waals surface area contributed by atoms with Gasteiger partial charge in [0.1, 0.15) is 5.82 Å². The molecule has 0 fully saturated rings. The molecule has 1 amide bonds. The van der Waals surface area contributed by atoms with Gasteiger partial charge in [0.2, 0.25) is 5.91 Å². The Morgan fingerprint density at radius 3 is 2.56 bits per heavy atom. The van der Waals surface area contributed by atoms with Crippen molar-refractivity contribution in [3.8, 4) is 0 Å². The van der Waals surface area contributed by atoms with E-state index in [9.17, 15) is 9.18 Å². The molecule has 98 valence electrons. The Labute approximate surface area is 115 Å². The van der Waals surface area contributed by atoms with Crippen molar-refractivity contribution in [1.82, 2.24) is 0 Å². The minimum Gasteiger partial charge on any atom is -0.324 e. The number of rotatable bonds is 5. The van der Waals surface area contributed by atoms with Crippen molar-refractivity contribution >= 4 is 27.5 Å². The normalized spacial score (nSPS) is 11.1. The Morgan fingerprint density at radius 2 is 2.11 bits per heavy atom. The average Bonchev–Trinajstić information content (AvgIpc) is 2.36. The summed E-state index contributed by atoms with van der Waals surface area (Å²) >= 11 is 3.23. The largest absolute Gasteiger partial charge is 0.324 e. The maximum atomic E-state index is 13.0. The second kappa shape index (κ2) is 6.14. The lowest BCUT2D eigenvalue weighted by Crippen LogP contribution is -2.33.